The molecule has 0 bridgehead atoms. The minimum Gasteiger partial charge on any atom is -0.334 e. The van der Waals surface area contributed by atoms with Gasteiger partial charge in [-0.3, -0.25) is 4.79 Å². The fraction of sp³-hybridized carbons (Fsp3) is 0.500. The Morgan fingerprint density at radius 3 is 3.09 bits per heavy atom. The minimum absolute atomic E-state index is 0.378. The normalized spacial score (nSPS) is 24.4. The molecule has 1 fully saturated rings. The summed E-state index contributed by atoms with van der Waals surface area (Å²) in [7, 11) is 0. The third kappa shape index (κ3) is 1.18. The molecule has 0 spiro atoms. The van der Waals surface area contributed by atoms with Crippen LogP contribution in [0, 0.1) is 0 Å². The molecular weight excluding hydrogens is 140 g/mol. The summed E-state index contributed by atoms with van der Waals surface area (Å²) in [6.07, 6.45) is 7.86. The van der Waals surface area contributed by atoms with E-state index in [1.807, 2.05) is 10.8 Å². The number of carbonyl (C=O) groups excluding carboxylic acids is 1. The fourth-order valence-electron chi connectivity index (χ4n) is 1.53. The van der Waals surface area contributed by atoms with Crippen molar-refractivity contribution < 1.29 is 4.79 Å². The van der Waals surface area contributed by atoms with Crippen LogP contribution >= 0.6 is 0 Å². The third-order valence-corrected chi connectivity index (χ3v) is 2.17. The van der Waals surface area contributed by atoms with Crippen LogP contribution in [0.15, 0.2) is 18.7 Å². The lowest BCUT2D eigenvalue weighted by atomic mass is 10.2. The molecule has 2 rings (SSSR count). The van der Waals surface area contributed by atoms with Crippen LogP contribution in [0.1, 0.15) is 25.3 Å². The topological polar surface area (TPSA) is 34.9 Å². The van der Waals surface area contributed by atoms with Crippen LogP contribution in [-0.4, -0.2) is 15.3 Å². The molecule has 1 aromatic heterocycles. The summed E-state index contributed by atoms with van der Waals surface area (Å²) in [5.41, 5.74) is 0. The van der Waals surface area contributed by atoms with E-state index < -0.39 is 0 Å². The lowest BCUT2D eigenvalue weighted by Gasteiger charge is -2.07. The number of ketones is 1. The van der Waals surface area contributed by atoms with Crippen molar-refractivity contribution in [3.8, 4) is 0 Å². The molecule has 1 aromatic rings. The van der Waals surface area contributed by atoms with Crippen LogP contribution in [0.4, 0.5) is 0 Å². The molecule has 1 atom stereocenters. The molecule has 1 unspecified atom stereocenters. The van der Waals surface area contributed by atoms with E-state index >= 15 is 0 Å². The number of hydrogen-bond donors (Lipinski definition) is 0. The summed E-state index contributed by atoms with van der Waals surface area (Å²) in [5.74, 6) is 0.378. The van der Waals surface area contributed by atoms with E-state index in [1.165, 1.54) is 0 Å². The van der Waals surface area contributed by atoms with Gasteiger partial charge in [-0.05, 0) is 6.42 Å². The molecule has 0 saturated heterocycles. The van der Waals surface area contributed by atoms with E-state index in [1.54, 1.807) is 12.5 Å². The number of carbonyl (C=O) groups is 1. The Kier molecular flexibility index (Phi) is 1.49. The Morgan fingerprint density at radius 2 is 2.55 bits per heavy atom. The third-order valence-electron chi connectivity index (χ3n) is 2.17. The van der Waals surface area contributed by atoms with Crippen LogP contribution in [0.2, 0.25) is 0 Å². The van der Waals surface area contributed by atoms with Gasteiger partial charge in [0, 0.05) is 31.3 Å². The summed E-state index contributed by atoms with van der Waals surface area (Å²) < 4.78 is 2.02. The van der Waals surface area contributed by atoms with Gasteiger partial charge in [0.2, 0.25) is 0 Å². The molecule has 0 aliphatic heterocycles. The first kappa shape index (κ1) is 6.58. The van der Waals surface area contributed by atoms with Crippen molar-refractivity contribution >= 4 is 5.78 Å². The van der Waals surface area contributed by atoms with Gasteiger partial charge >= 0.3 is 0 Å². The predicted molar refractivity (Wildman–Crippen MR) is 40.1 cm³/mol. The number of imidazole rings is 1. The molecule has 0 aromatic carbocycles. The van der Waals surface area contributed by atoms with E-state index in [0.717, 1.165) is 12.8 Å². The zero-order chi connectivity index (χ0) is 7.68. The highest BCUT2D eigenvalue weighted by molar-refractivity contribution is 5.80. The number of rotatable bonds is 1. The summed E-state index contributed by atoms with van der Waals surface area (Å²) >= 11 is 0. The molecule has 3 heteroatoms. The predicted octanol–water partition coefficient (Wildman–Crippen LogP) is 1.18. The molecule has 3 nitrogen and oxygen atoms in total. The molecule has 0 amide bonds. The molecule has 0 N–H and O–H groups in total. The van der Waals surface area contributed by atoms with Gasteiger partial charge < -0.3 is 4.57 Å². The fourth-order valence-corrected chi connectivity index (χ4v) is 1.53. The summed E-state index contributed by atoms with van der Waals surface area (Å²) in [4.78, 5) is 14.9. The van der Waals surface area contributed by atoms with Gasteiger partial charge in [-0.2, -0.15) is 0 Å². The molecular formula is C8H10N2O. The smallest absolute Gasteiger partial charge is 0.135 e. The van der Waals surface area contributed by atoms with E-state index in [0.29, 0.717) is 18.2 Å². The maximum absolute atomic E-state index is 10.9. The number of aromatic nitrogens is 2. The van der Waals surface area contributed by atoms with Gasteiger partial charge in [0.05, 0.1) is 6.33 Å². The SMILES string of the molecule is O=C1CCC(n2ccnc2)C1. The van der Waals surface area contributed by atoms with E-state index in [4.69, 9.17) is 0 Å². The lowest BCUT2D eigenvalue weighted by molar-refractivity contribution is -0.117. The van der Waals surface area contributed by atoms with Crippen molar-refractivity contribution in [2.24, 2.45) is 0 Å². The molecule has 0 radical (unpaired) electrons. The van der Waals surface area contributed by atoms with Crippen molar-refractivity contribution in [1.82, 2.24) is 9.55 Å². The average molecular weight is 150 g/mol. The highest BCUT2D eigenvalue weighted by atomic mass is 16.1. The Balaban J connectivity index is 2.13. The number of hydrogen-bond acceptors (Lipinski definition) is 2. The second kappa shape index (κ2) is 2.49. The van der Waals surface area contributed by atoms with E-state index in [9.17, 15) is 4.79 Å². The van der Waals surface area contributed by atoms with Gasteiger partial charge in [0.15, 0.2) is 0 Å². The van der Waals surface area contributed by atoms with Crippen LogP contribution in [0.3, 0.4) is 0 Å². The number of nitrogens with zero attached hydrogens (tertiary/aromatic N) is 2. The highest BCUT2D eigenvalue weighted by Gasteiger charge is 2.22. The Hall–Kier alpha value is -1.12. The Morgan fingerprint density at radius 1 is 1.64 bits per heavy atom. The summed E-state index contributed by atoms with van der Waals surface area (Å²) in [6, 6.07) is 0.380. The van der Waals surface area contributed by atoms with Crippen molar-refractivity contribution in [1.29, 1.82) is 0 Å². The molecule has 1 aliphatic carbocycles. The molecule has 1 aliphatic rings. The first-order chi connectivity index (χ1) is 5.36. The van der Waals surface area contributed by atoms with Gasteiger partial charge in [0.25, 0.3) is 0 Å². The van der Waals surface area contributed by atoms with Crippen LogP contribution in [-0.2, 0) is 4.79 Å². The van der Waals surface area contributed by atoms with Gasteiger partial charge in [-0.25, -0.2) is 4.98 Å². The zero-order valence-electron chi connectivity index (χ0n) is 6.23. The second-order valence-electron chi connectivity index (χ2n) is 2.95. The average Bonchev–Trinajstić information content (AvgIpc) is 2.55. The largest absolute Gasteiger partial charge is 0.334 e. The first-order valence-corrected chi connectivity index (χ1v) is 3.85. The standard InChI is InChI=1S/C8H10N2O/c11-8-2-1-7(5-8)10-4-3-9-6-10/h3-4,6-7H,1-2,5H2. The summed E-state index contributed by atoms with van der Waals surface area (Å²) in [6.45, 7) is 0. The van der Waals surface area contributed by atoms with Crippen molar-refractivity contribution in [2.45, 2.75) is 25.3 Å². The highest BCUT2D eigenvalue weighted by Crippen LogP contribution is 2.26. The van der Waals surface area contributed by atoms with E-state index in [2.05, 4.69) is 4.98 Å². The van der Waals surface area contributed by atoms with Crippen molar-refractivity contribution in [3.63, 3.8) is 0 Å². The minimum atomic E-state index is 0.378. The Bertz CT molecular complexity index is 253. The second-order valence-corrected chi connectivity index (χ2v) is 2.95. The van der Waals surface area contributed by atoms with Gasteiger partial charge in [-0.1, -0.05) is 0 Å². The van der Waals surface area contributed by atoms with Crippen LogP contribution in [0.25, 0.3) is 0 Å². The first-order valence-electron chi connectivity index (χ1n) is 3.85. The molecule has 1 saturated carbocycles. The molecule has 1 heterocycles. The maximum atomic E-state index is 10.9. The van der Waals surface area contributed by atoms with Gasteiger partial charge in [-0.15, -0.1) is 0 Å². The zero-order valence-corrected chi connectivity index (χ0v) is 6.23. The Labute approximate surface area is 65.1 Å². The van der Waals surface area contributed by atoms with Crippen molar-refractivity contribution in [2.75, 3.05) is 0 Å². The molecule has 11 heavy (non-hydrogen) atoms. The van der Waals surface area contributed by atoms with Crippen LogP contribution < -0.4 is 0 Å². The molecule has 58 valence electrons. The van der Waals surface area contributed by atoms with Gasteiger partial charge in [0.1, 0.15) is 5.78 Å². The quantitative estimate of drug-likeness (QED) is 0.602. The summed E-state index contributed by atoms with van der Waals surface area (Å²) in [5, 5.41) is 0. The van der Waals surface area contributed by atoms with Crippen LogP contribution in [0.5, 0.6) is 0 Å². The number of Topliss-reactive ketones (excluding diaryl/α,β-unsaturated/α-hetero) is 1. The van der Waals surface area contributed by atoms with Crippen molar-refractivity contribution in [3.05, 3.63) is 18.7 Å². The van der Waals surface area contributed by atoms with E-state index in [-0.39, 0.29) is 0 Å². The lowest BCUT2D eigenvalue weighted by Crippen LogP contribution is -2.02. The maximum Gasteiger partial charge on any atom is 0.135 e. The monoisotopic (exact) mass is 150 g/mol.